The molecule has 0 spiro atoms. The average molecular weight is 378 g/mol. The quantitative estimate of drug-likeness (QED) is 0.713. The third-order valence-electron chi connectivity index (χ3n) is 5.58. The molecule has 1 fully saturated rings. The van der Waals surface area contributed by atoms with Crippen LogP contribution in [0.4, 0.5) is 0 Å². The molecule has 5 nitrogen and oxygen atoms in total. The van der Waals surface area contributed by atoms with Crippen LogP contribution in [0.5, 0.6) is 0 Å². The van der Waals surface area contributed by atoms with Gasteiger partial charge in [0, 0.05) is 36.7 Å². The van der Waals surface area contributed by atoms with E-state index < -0.39 is 0 Å². The van der Waals surface area contributed by atoms with Crippen LogP contribution in [0.25, 0.3) is 11.1 Å². The van der Waals surface area contributed by atoms with Crippen molar-refractivity contribution in [1.29, 1.82) is 0 Å². The predicted molar refractivity (Wildman–Crippen MR) is 109 cm³/mol. The van der Waals surface area contributed by atoms with Crippen LogP contribution in [0, 0.1) is 0 Å². The highest BCUT2D eigenvalue weighted by Gasteiger charge is 2.34. The van der Waals surface area contributed by atoms with Gasteiger partial charge in [0.15, 0.2) is 11.5 Å². The molecule has 0 saturated carbocycles. The number of aromatic nitrogens is 1. The number of carbonyl (C=O) groups is 1. The van der Waals surface area contributed by atoms with E-state index in [0.717, 1.165) is 18.4 Å². The van der Waals surface area contributed by atoms with Gasteiger partial charge in [-0.3, -0.25) is 4.79 Å². The highest BCUT2D eigenvalue weighted by molar-refractivity contribution is 5.97. The average Bonchev–Trinajstić information content (AvgIpc) is 3.17. The maximum absolute atomic E-state index is 12.8. The molecule has 0 bridgehead atoms. The van der Waals surface area contributed by atoms with Crippen LogP contribution in [0.1, 0.15) is 54.4 Å². The van der Waals surface area contributed by atoms with E-state index in [1.54, 1.807) is 12.1 Å². The Kier molecular flexibility index (Phi) is 5.18. The summed E-state index contributed by atoms with van der Waals surface area (Å²) in [5.74, 6) is 0.819. The summed E-state index contributed by atoms with van der Waals surface area (Å²) in [4.78, 5) is 17.3. The summed E-state index contributed by atoms with van der Waals surface area (Å²) in [5.41, 5.74) is 3.21. The van der Waals surface area contributed by atoms with Gasteiger partial charge < -0.3 is 14.5 Å². The maximum Gasteiger partial charge on any atom is 0.251 e. The number of nitrogens with zero attached hydrogens (tertiary/aromatic N) is 1. The lowest BCUT2D eigenvalue weighted by atomic mass is 9.74. The van der Waals surface area contributed by atoms with Crippen molar-refractivity contribution in [2.24, 2.45) is 0 Å². The molecule has 4 rings (SSSR count). The van der Waals surface area contributed by atoms with Gasteiger partial charge in [-0.2, -0.15) is 0 Å². The van der Waals surface area contributed by atoms with Crippen LogP contribution >= 0.6 is 0 Å². The van der Waals surface area contributed by atoms with Crippen molar-refractivity contribution in [1.82, 2.24) is 10.3 Å². The van der Waals surface area contributed by atoms with Crippen molar-refractivity contribution in [3.63, 3.8) is 0 Å². The van der Waals surface area contributed by atoms with E-state index in [4.69, 9.17) is 9.15 Å². The molecule has 2 aromatic carbocycles. The molecule has 0 radical (unpaired) electrons. The summed E-state index contributed by atoms with van der Waals surface area (Å²) in [7, 11) is 0. The van der Waals surface area contributed by atoms with Crippen molar-refractivity contribution in [3.8, 4) is 0 Å². The van der Waals surface area contributed by atoms with E-state index in [1.165, 1.54) is 5.56 Å². The van der Waals surface area contributed by atoms with E-state index in [-0.39, 0.29) is 17.2 Å². The van der Waals surface area contributed by atoms with Crippen molar-refractivity contribution in [2.45, 2.75) is 38.0 Å². The fourth-order valence-corrected chi connectivity index (χ4v) is 3.81. The zero-order chi connectivity index (χ0) is 19.6. The number of amides is 1. The summed E-state index contributed by atoms with van der Waals surface area (Å²) >= 11 is 0. The Morgan fingerprint density at radius 3 is 2.61 bits per heavy atom. The first-order valence-corrected chi connectivity index (χ1v) is 9.89. The van der Waals surface area contributed by atoms with Crippen LogP contribution in [0.3, 0.4) is 0 Å². The Hall–Kier alpha value is -2.66. The molecule has 1 N–H and O–H groups in total. The number of benzene rings is 2. The first kappa shape index (κ1) is 18.7. The van der Waals surface area contributed by atoms with E-state index in [9.17, 15) is 4.79 Å². The van der Waals surface area contributed by atoms with Crippen LogP contribution < -0.4 is 5.32 Å². The standard InChI is InChI=1S/C23H26N2O3/c1-16(2)22-25-19-14-17(8-9-20(19)28-22)21(26)24-15-23(10-12-27-13-11-23)18-6-4-3-5-7-18/h3-9,14,16H,10-13,15H2,1-2H3,(H,24,26). The Balaban J connectivity index is 1.53. The molecule has 28 heavy (non-hydrogen) atoms. The molecule has 1 amide bonds. The van der Waals surface area contributed by atoms with Gasteiger partial charge in [0.1, 0.15) is 5.52 Å². The zero-order valence-corrected chi connectivity index (χ0v) is 16.4. The normalized spacial score (nSPS) is 16.4. The monoisotopic (exact) mass is 378 g/mol. The molecule has 5 heteroatoms. The molecule has 146 valence electrons. The number of oxazole rings is 1. The number of hydrogen-bond acceptors (Lipinski definition) is 4. The van der Waals surface area contributed by atoms with Gasteiger partial charge in [0.2, 0.25) is 0 Å². The van der Waals surface area contributed by atoms with Gasteiger partial charge in [0.05, 0.1) is 0 Å². The highest BCUT2D eigenvalue weighted by Crippen LogP contribution is 2.34. The first-order valence-electron chi connectivity index (χ1n) is 9.89. The Morgan fingerprint density at radius 2 is 1.89 bits per heavy atom. The van der Waals surface area contributed by atoms with E-state index in [2.05, 4.69) is 34.6 Å². The van der Waals surface area contributed by atoms with E-state index in [0.29, 0.717) is 36.8 Å². The van der Waals surface area contributed by atoms with Gasteiger partial charge in [-0.25, -0.2) is 4.98 Å². The molecular weight excluding hydrogens is 352 g/mol. The number of nitrogens with one attached hydrogen (secondary N) is 1. The van der Waals surface area contributed by atoms with Crippen LogP contribution in [0.2, 0.25) is 0 Å². The number of rotatable bonds is 5. The maximum atomic E-state index is 12.8. The second-order valence-electron chi connectivity index (χ2n) is 7.83. The van der Waals surface area contributed by atoms with Crippen molar-refractivity contribution in [3.05, 3.63) is 65.5 Å². The van der Waals surface area contributed by atoms with Gasteiger partial charge in [0.25, 0.3) is 5.91 Å². The third-order valence-corrected chi connectivity index (χ3v) is 5.58. The van der Waals surface area contributed by atoms with Crippen LogP contribution in [0.15, 0.2) is 52.9 Å². The minimum Gasteiger partial charge on any atom is -0.440 e. The van der Waals surface area contributed by atoms with Crippen LogP contribution in [-0.4, -0.2) is 30.6 Å². The van der Waals surface area contributed by atoms with Gasteiger partial charge in [-0.15, -0.1) is 0 Å². The number of carbonyl (C=O) groups excluding carboxylic acids is 1. The summed E-state index contributed by atoms with van der Waals surface area (Å²) in [6.07, 6.45) is 1.80. The van der Waals surface area contributed by atoms with Crippen LogP contribution in [-0.2, 0) is 10.2 Å². The molecule has 1 aliphatic heterocycles. The molecule has 0 atom stereocenters. The molecule has 3 aromatic rings. The second kappa shape index (κ2) is 7.76. The van der Waals surface area contributed by atoms with Gasteiger partial charge in [-0.1, -0.05) is 44.2 Å². The smallest absolute Gasteiger partial charge is 0.251 e. The zero-order valence-electron chi connectivity index (χ0n) is 16.4. The lowest BCUT2D eigenvalue weighted by Gasteiger charge is -2.38. The van der Waals surface area contributed by atoms with E-state index in [1.807, 2.05) is 26.0 Å². The molecule has 2 heterocycles. The van der Waals surface area contributed by atoms with Gasteiger partial charge >= 0.3 is 0 Å². The van der Waals surface area contributed by atoms with E-state index >= 15 is 0 Å². The summed E-state index contributed by atoms with van der Waals surface area (Å²) in [5, 5.41) is 3.15. The molecular formula is C23H26N2O3. The summed E-state index contributed by atoms with van der Waals surface area (Å²) in [6, 6.07) is 15.8. The fraction of sp³-hybridized carbons (Fsp3) is 0.391. The SMILES string of the molecule is CC(C)c1nc2cc(C(=O)NCC3(c4ccccc4)CCOCC3)ccc2o1. The number of hydrogen-bond donors (Lipinski definition) is 1. The topological polar surface area (TPSA) is 64.4 Å². The fourth-order valence-electron chi connectivity index (χ4n) is 3.81. The molecule has 0 unspecified atom stereocenters. The summed E-state index contributed by atoms with van der Waals surface area (Å²) in [6.45, 7) is 6.10. The summed E-state index contributed by atoms with van der Waals surface area (Å²) < 4.78 is 11.3. The number of ether oxygens (including phenoxy) is 1. The largest absolute Gasteiger partial charge is 0.440 e. The minimum absolute atomic E-state index is 0.0853. The van der Waals surface area contributed by atoms with Gasteiger partial charge in [-0.05, 0) is 36.6 Å². The molecule has 1 aromatic heterocycles. The Bertz CT molecular complexity index is 956. The molecule has 0 aliphatic carbocycles. The first-order chi connectivity index (χ1) is 13.6. The highest BCUT2D eigenvalue weighted by atomic mass is 16.5. The Morgan fingerprint density at radius 1 is 1.14 bits per heavy atom. The second-order valence-corrected chi connectivity index (χ2v) is 7.83. The third kappa shape index (κ3) is 3.67. The molecule has 1 saturated heterocycles. The number of fused-ring (bicyclic) bond motifs is 1. The minimum atomic E-state index is -0.0854. The predicted octanol–water partition coefficient (Wildman–Crippen LogP) is 4.43. The Labute approximate surface area is 165 Å². The van der Waals surface area contributed by atoms with Crippen molar-refractivity contribution < 1.29 is 13.9 Å². The van der Waals surface area contributed by atoms with Crippen molar-refractivity contribution >= 4 is 17.0 Å². The lowest BCUT2D eigenvalue weighted by Crippen LogP contribution is -2.44. The molecule has 1 aliphatic rings. The lowest BCUT2D eigenvalue weighted by molar-refractivity contribution is 0.0487. The van der Waals surface area contributed by atoms with Crippen molar-refractivity contribution in [2.75, 3.05) is 19.8 Å².